The second-order valence-electron chi connectivity index (χ2n) is 5.11. The molecular formula is C13H23N3O3S. The Morgan fingerprint density at radius 3 is 2.75 bits per heavy atom. The molecule has 0 bridgehead atoms. The number of aromatic nitrogens is 2. The molecule has 114 valence electrons. The van der Waals surface area contributed by atoms with E-state index in [1.165, 1.54) is 0 Å². The Balaban J connectivity index is 2.22. The molecule has 0 radical (unpaired) electrons. The summed E-state index contributed by atoms with van der Waals surface area (Å²) in [4.78, 5) is 0. The van der Waals surface area contributed by atoms with Gasteiger partial charge in [0.15, 0.2) is 9.84 Å². The van der Waals surface area contributed by atoms with Gasteiger partial charge in [-0.15, -0.1) is 0 Å². The first-order chi connectivity index (χ1) is 9.48. The first-order valence-electron chi connectivity index (χ1n) is 7.12. The topological polar surface area (TPSA) is 87.2 Å². The SMILES string of the molecule is CCOCCc1nn(C2CCS(=O)(=O)C2)c(N)c1CC. The van der Waals surface area contributed by atoms with E-state index in [1.807, 2.05) is 13.8 Å². The highest BCUT2D eigenvalue weighted by Gasteiger charge is 2.31. The van der Waals surface area contributed by atoms with Crippen LogP contribution in [-0.2, 0) is 27.4 Å². The summed E-state index contributed by atoms with van der Waals surface area (Å²) in [5.74, 6) is 0.987. The van der Waals surface area contributed by atoms with Crippen LogP contribution in [0.5, 0.6) is 0 Å². The Kier molecular flexibility index (Phi) is 4.70. The molecule has 2 rings (SSSR count). The zero-order valence-corrected chi connectivity index (χ0v) is 12.9. The van der Waals surface area contributed by atoms with Crippen LogP contribution in [0.4, 0.5) is 5.82 Å². The van der Waals surface area contributed by atoms with Crippen molar-refractivity contribution in [3.63, 3.8) is 0 Å². The first-order valence-corrected chi connectivity index (χ1v) is 8.94. The second-order valence-corrected chi connectivity index (χ2v) is 7.34. The number of nitrogen functional groups attached to an aromatic ring is 1. The largest absolute Gasteiger partial charge is 0.384 e. The number of sulfone groups is 1. The van der Waals surface area contributed by atoms with E-state index in [0.717, 1.165) is 17.7 Å². The number of hydrogen-bond acceptors (Lipinski definition) is 5. The van der Waals surface area contributed by atoms with Gasteiger partial charge in [-0.2, -0.15) is 5.10 Å². The Labute approximate surface area is 120 Å². The van der Waals surface area contributed by atoms with Crippen molar-refractivity contribution in [1.29, 1.82) is 0 Å². The fraction of sp³-hybridized carbons (Fsp3) is 0.769. The Morgan fingerprint density at radius 1 is 1.45 bits per heavy atom. The van der Waals surface area contributed by atoms with E-state index in [1.54, 1.807) is 4.68 Å². The number of anilines is 1. The van der Waals surface area contributed by atoms with E-state index in [9.17, 15) is 8.42 Å². The molecule has 6 nitrogen and oxygen atoms in total. The molecule has 0 spiro atoms. The van der Waals surface area contributed by atoms with Gasteiger partial charge < -0.3 is 10.5 Å². The monoisotopic (exact) mass is 301 g/mol. The maximum Gasteiger partial charge on any atom is 0.152 e. The average Bonchev–Trinajstić information content (AvgIpc) is 2.90. The van der Waals surface area contributed by atoms with Gasteiger partial charge in [-0.05, 0) is 19.8 Å². The molecule has 1 fully saturated rings. The van der Waals surface area contributed by atoms with Gasteiger partial charge in [-0.25, -0.2) is 13.1 Å². The molecule has 1 aromatic rings. The quantitative estimate of drug-likeness (QED) is 0.791. The minimum atomic E-state index is -2.93. The summed E-state index contributed by atoms with van der Waals surface area (Å²) in [7, 11) is -2.93. The van der Waals surface area contributed by atoms with E-state index in [2.05, 4.69) is 5.10 Å². The van der Waals surface area contributed by atoms with Crippen LogP contribution in [0.2, 0.25) is 0 Å². The summed E-state index contributed by atoms with van der Waals surface area (Å²) >= 11 is 0. The first kappa shape index (κ1) is 15.3. The van der Waals surface area contributed by atoms with Crippen LogP contribution in [0.15, 0.2) is 0 Å². The molecule has 1 aromatic heterocycles. The Hall–Kier alpha value is -1.08. The van der Waals surface area contributed by atoms with E-state index >= 15 is 0 Å². The lowest BCUT2D eigenvalue weighted by Crippen LogP contribution is -2.15. The third kappa shape index (κ3) is 3.15. The molecule has 0 aromatic carbocycles. The predicted octanol–water partition coefficient (Wildman–Crippen LogP) is 0.966. The van der Waals surface area contributed by atoms with E-state index in [0.29, 0.717) is 31.9 Å². The summed E-state index contributed by atoms with van der Waals surface area (Å²) < 4.78 is 30.3. The van der Waals surface area contributed by atoms with Gasteiger partial charge in [0.1, 0.15) is 5.82 Å². The maximum absolute atomic E-state index is 11.6. The zero-order valence-electron chi connectivity index (χ0n) is 12.1. The van der Waals surface area contributed by atoms with Crippen LogP contribution >= 0.6 is 0 Å². The Morgan fingerprint density at radius 2 is 2.20 bits per heavy atom. The molecule has 1 aliphatic rings. The van der Waals surface area contributed by atoms with Crippen molar-refractivity contribution in [2.45, 2.75) is 39.2 Å². The zero-order chi connectivity index (χ0) is 14.8. The molecule has 2 N–H and O–H groups in total. The fourth-order valence-corrected chi connectivity index (χ4v) is 4.37. The third-order valence-electron chi connectivity index (χ3n) is 3.73. The van der Waals surface area contributed by atoms with Gasteiger partial charge >= 0.3 is 0 Å². The van der Waals surface area contributed by atoms with Crippen LogP contribution in [0, 0.1) is 0 Å². The van der Waals surface area contributed by atoms with Crippen LogP contribution in [-0.4, -0.2) is 42.9 Å². The second kappa shape index (κ2) is 6.13. The molecule has 0 saturated carbocycles. The van der Waals surface area contributed by atoms with Crippen LogP contribution < -0.4 is 5.73 Å². The van der Waals surface area contributed by atoms with Gasteiger partial charge in [0.05, 0.1) is 29.8 Å². The van der Waals surface area contributed by atoms with Gasteiger partial charge in [0.2, 0.25) is 0 Å². The molecule has 20 heavy (non-hydrogen) atoms. The number of hydrogen-bond donors (Lipinski definition) is 1. The normalized spacial score (nSPS) is 21.4. The molecule has 0 amide bonds. The molecule has 1 atom stereocenters. The summed E-state index contributed by atoms with van der Waals surface area (Å²) in [6, 6.07) is -0.119. The molecule has 1 unspecified atom stereocenters. The van der Waals surface area contributed by atoms with Crippen LogP contribution in [0.3, 0.4) is 0 Å². The lowest BCUT2D eigenvalue weighted by Gasteiger charge is -2.10. The van der Waals surface area contributed by atoms with Crippen LogP contribution in [0.25, 0.3) is 0 Å². The molecule has 1 aliphatic heterocycles. The highest BCUT2D eigenvalue weighted by molar-refractivity contribution is 7.91. The van der Waals surface area contributed by atoms with Crippen molar-refractivity contribution in [3.8, 4) is 0 Å². The fourth-order valence-electron chi connectivity index (χ4n) is 2.68. The smallest absolute Gasteiger partial charge is 0.152 e. The number of nitrogens with two attached hydrogens (primary N) is 1. The van der Waals surface area contributed by atoms with E-state index in [4.69, 9.17) is 10.5 Å². The van der Waals surface area contributed by atoms with Crippen molar-refractivity contribution in [2.24, 2.45) is 0 Å². The summed E-state index contributed by atoms with van der Waals surface area (Å²) in [5, 5.41) is 4.55. The molecule has 7 heteroatoms. The van der Waals surface area contributed by atoms with E-state index in [-0.39, 0.29) is 17.5 Å². The maximum atomic E-state index is 11.6. The number of nitrogens with zero attached hydrogens (tertiary/aromatic N) is 2. The van der Waals surface area contributed by atoms with Crippen molar-refractivity contribution < 1.29 is 13.2 Å². The molecule has 0 aliphatic carbocycles. The highest BCUT2D eigenvalue weighted by atomic mass is 32.2. The summed E-state index contributed by atoms with van der Waals surface area (Å²) in [6.07, 6.45) is 2.11. The number of rotatable bonds is 6. The Bertz CT molecular complexity index is 566. The molecular weight excluding hydrogens is 278 g/mol. The standard InChI is InChI=1S/C13H23N3O3S/c1-3-11-12(5-7-19-4-2)15-16(13(11)14)10-6-8-20(17,18)9-10/h10H,3-9,14H2,1-2H3. The minimum absolute atomic E-state index is 0.119. The van der Waals surface area contributed by atoms with Crippen LogP contribution in [0.1, 0.15) is 37.6 Å². The summed E-state index contributed by atoms with van der Waals surface area (Å²) in [6.45, 7) is 5.28. The van der Waals surface area contributed by atoms with Crippen molar-refractivity contribution in [3.05, 3.63) is 11.3 Å². The van der Waals surface area contributed by atoms with Gasteiger partial charge in [0, 0.05) is 18.6 Å². The van der Waals surface area contributed by atoms with Gasteiger partial charge in [-0.3, -0.25) is 0 Å². The van der Waals surface area contributed by atoms with Crippen molar-refractivity contribution in [2.75, 3.05) is 30.5 Å². The average molecular weight is 301 g/mol. The highest BCUT2D eigenvalue weighted by Crippen LogP contribution is 2.29. The number of ether oxygens (including phenoxy) is 1. The lowest BCUT2D eigenvalue weighted by molar-refractivity contribution is 0.150. The minimum Gasteiger partial charge on any atom is -0.384 e. The third-order valence-corrected chi connectivity index (χ3v) is 5.48. The van der Waals surface area contributed by atoms with E-state index < -0.39 is 9.84 Å². The van der Waals surface area contributed by atoms with Crippen molar-refractivity contribution >= 4 is 15.7 Å². The summed E-state index contributed by atoms with van der Waals surface area (Å²) in [5.41, 5.74) is 8.11. The van der Waals surface area contributed by atoms with Gasteiger partial charge in [0.25, 0.3) is 0 Å². The lowest BCUT2D eigenvalue weighted by atomic mass is 10.1. The predicted molar refractivity (Wildman–Crippen MR) is 78.5 cm³/mol. The molecule has 2 heterocycles. The van der Waals surface area contributed by atoms with Crippen molar-refractivity contribution in [1.82, 2.24) is 9.78 Å². The molecule has 1 saturated heterocycles. The van der Waals surface area contributed by atoms with Gasteiger partial charge in [-0.1, -0.05) is 6.92 Å².